The number of hydrogen-bond acceptors (Lipinski definition) is 4. The van der Waals surface area contributed by atoms with E-state index in [2.05, 4.69) is 5.32 Å². The highest BCUT2D eigenvalue weighted by molar-refractivity contribution is 6.31. The first-order valence-electron chi connectivity index (χ1n) is 6.04. The summed E-state index contributed by atoms with van der Waals surface area (Å²) in [6.07, 6.45) is -1.02. The maximum Gasteiger partial charge on any atom is 0.332 e. The molecule has 0 spiro atoms. The highest BCUT2D eigenvalue weighted by atomic mass is 35.5. The average Bonchev–Trinajstić information content (AvgIpc) is 2.89. The van der Waals surface area contributed by atoms with Gasteiger partial charge in [-0.2, -0.15) is 0 Å². The van der Waals surface area contributed by atoms with Crippen molar-refractivity contribution in [3.8, 4) is 5.75 Å². The molecule has 1 aromatic carbocycles. The molecule has 108 valence electrons. The molecule has 0 aliphatic carbocycles. The number of ether oxygens (including phenoxy) is 2. The first kappa shape index (κ1) is 14.6. The fourth-order valence-corrected chi connectivity index (χ4v) is 2.17. The molecule has 0 aromatic heterocycles. The van der Waals surface area contributed by atoms with Crippen molar-refractivity contribution in [3.05, 3.63) is 23.2 Å². The topological polar surface area (TPSA) is 84.9 Å². The molecular weight excluding hydrogens is 286 g/mol. The van der Waals surface area contributed by atoms with Gasteiger partial charge in [-0.1, -0.05) is 11.6 Å². The molecule has 2 unspecified atom stereocenters. The van der Waals surface area contributed by atoms with E-state index in [1.807, 2.05) is 0 Å². The molecule has 1 fully saturated rings. The van der Waals surface area contributed by atoms with Crippen LogP contribution >= 0.6 is 11.6 Å². The summed E-state index contributed by atoms with van der Waals surface area (Å²) < 4.78 is 10.3. The van der Waals surface area contributed by atoms with E-state index >= 15 is 0 Å². The fourth-order valence-electron chi connectivity index (χ4n) is 2.00. The Morgan fingerprint density at radius 1 is 1.40 bits per heavy atom. The number of benzene rings is 1. The van der Waals surface area contributed by atoms with Crippen molar-refractivity contribution in [3.63, 3.8) is 0 Å². The smallest absolute Gasteiger partial charge is 0.332 e. The van der Waals surface area contributed by atoms with Crippen molar-refractivity contribution in [2.24, 2.45) is 0 Å². The zero-order valence-electron chi connectivity index (χ0n) is 10.8. The Morgan fingerprint density at radius 2 is 2.10 bits per heavy atom. The number of anilines is 1. The van der Waals surface area contributed by atoms with Crippen LogP contribution < -0.4 is 10.1 Å². The molecule has 6 nitrogen and oxygen atoms in total. The maximum absolute atomic E-state index is 12.0. The van der Waals surface area contributed by atoms with Crippen LogP contribution in [0.1, 0.15) is 12.8 Å². The second kappa shape index (κ2) is 6.11. The Balaban J connectivity index is 2.05. The molecule has 1 aliphatic rings. The molecule has 1 aliphatic heterocycles. The van der Waals surface area contributed by atoms with Crippen molar-refractivity contribution in [1.29, 1.82) is 0 Å². The summed E-state index contributed by atoms with van der Waals surface area (Å²) in [6.45, 7) is 0. The van der Waals surface area contributed by atoms with E-state index in [0.717, 1.165) is 0 Å². The summed E-state index contributed by atoms with van der Waals surface area (Å²) >= 11 is 5.87. The second-order valence-electron chi connectivity index (χ2n) is 4.36. The molecule has 1 aromatic rings. The molecular formula is C13H14ClNO5. The number of carbonyl (C=O) groups excluding carboxylic acids is 1. The Morgan fingerprint density at radius 3 is 2.70 bits per heavy atom. The fraction of sp³-hybridized carbons (Fsp3) is 0.385. The van der Waals surface area contributed by atoms with E-state index in [0.29, 0.717) is 29.3 Å². The van der Waals surface area contributed by atoms with Gasteiger partial charge in [0.1, 0.15) is 11.9 Å². The summed E-state index contributed by atoms with van der Waals surface area (Å²) in [6, 6.07) is 4.83. The minimum atomic E-state index is -1.05. The van der Waals surface area contributed by atoms with Crippen LogP contribution in [0.3, 0.4) is 0 Å². The van der Waals surface area contributed by atoms with Crippen molar-refractivity contribution in [2.45, 2.75) is 25.0 Å². The van der Waals surface area contributed by atoms with E-state index in [1.165, 1.54) is 7.11 Å². The monoisotopic (exact) mass is 299 g/mol. The number of carboxylic acids is 1. The van der Waals surface area contributed by atoms with Crippen LogP contribution in [0.2, 0.25) is 5.02 Å². The van der Waals surface area contributed by atoms with E-state index in [4.69, 9.17) is 26.2 Å². The third kappa shape index (κ3) is 3.20. The number of rotatable bonds is 4. The van der Waals surface area contributed by atoms with Gasteiger partial charge in [0.2, 0.25) is 0 Å². The van der Waals surface area contributed by atoms with E-state index < -0.39 is 24.1 Å². The highest BCUT2D eigenvalue weighted by Crippen LogP contribution is 2.29. The summed E-state index contributed by atoms with van der Waals surface area (Å²) in [7, 11) is 1.48. The number of methoxy groups -OCH3 is 1. The highest BCUT2D eigenvalue weighted by Gasteiger charge is 2.34. The van der Waals surface area contributed by atoms with Crippen molar-refractivity contribution in [1.82, 2.24) is 0 Å². The summed E-state index contributed by atoms with van der Waals surface area (Å²) in [4.78, 5) is 22.8. The van der Waals surface area contributed by atoms with E-state index in [9.17, 15) is 9.59 Å². The van der Waals surface area contributed by atoms with Crippen molar-refractivity contribution >= 4 is 29.2 Å². The van der Waals surface area contributed by atoms with Gasteiger partial charge in [0, 0.05) is 5.02 Å². The van der Waals surface area contributed by atoms with Gasteiger partial charge in [0.05, 0.1) is 12.8 Å². The van der Waals surface area contributed by atoms with Crippen LogP contribution in [0.4, 0.5) is 5.69 Å². The number of carboxylic acid groups (broad SMARTS) is 1. The lowest BCUT2D eigenvalue weighted by Crippen LogP contribution is -2.30. The molecule has 2 N–H and O–H groups in total. The average molecular weight is 300 g/mol. The largest absolute Gasteiger partial charge is 0.495 e. The molecule has 1 amide bonds. The second-order valence-corrected chi connectivity index (χ2v) is 4.80. The number of aliphatic carboxylic acids is 1. The lowest BCUT2D eigenvalue weighted by Gasteiger charge is -2.14. The zero-order valence-corrected chi connectivity index (χ0v) is 11.5. The van der Waals surface area contributed by atoms with Crippen LogP contribution in [-0.4, -0.2) is 36.3 Å². The van der Waals surface area contributed by atoms with Gasteiger partial charge in [0.25, 0.3) is 5.91 Å². The summed E-state index contributed by atoms with van der Waals surface area (Å²) in [5.41, 5.74) is 0.423. The SMILES string of the molecule is COc1ccc(Cl)cc1NC(=O)C1CCC(C(=O)O)O1. The van der Waals surface area contributed by atoms with Gasteiger partial charge < -0.3 is 19.9 Å². The number of halogens is 1. The summed E-state index contributed by atoms with van der Waals surface area (Å²) in [5.74, 6) is -0.995. The predicted octanol–water partition coefficient (Wildman–Crippen LogP) is 1.92. The molecule has 0 saturated carbocycles. The lowest BCUT2D eigenvalue weighted by atomic mass is 10.2. The maximum atomic E-state index is 12.0. The van der Waals surface area contributed by atoms with Gasteiger partial charge in [-0.3, -0.25) is 4.79 Å². The first-order chi connectivity index (χ1) is 9.51. The van der Waals surface area contributed by atoms with Crippen LogP contribution in [0, 0.1) is 0 Å². The molecule has 7 heteroatoms. The number of nitrogens with one attached hydrogen (secondary N) is 1. The third-order valence-electron chi connectivity index (χ3n) is 3.01. The molecule has 2 rings (SSSR count). The van der Waals surface area contributed by atoms with Crippen LogP contribution in [-0.2, 0) is 14.3 Å². The van der Waals surface area contributed by atoms with Crippen LogP contribution in [0.15, 0.2) is 18.2 Å². The van der Waals surface area contributed by atoms with Gasteiger partial charge in [-0.15, -0.1) is 0 Å². The van der Waals surface area contributed by atoms with Gasteiger partial charge in [-0.05, 0) is 31.0 Å². The Hall–Kier alpha value is -1.79. The predicted molar refractivity (Wildman–Crippen MR) is 72.2 cm³/mol. The Labute approximate surface area is 120 Å². The minimum Gasteiger partial charge on any atom is -0.495 e. The van der Waals surface area contributed by atoms with Gasteiger partial charge in [-0.25, -0.2) is 4.79 Å². The zero-order chi connectivity index (χ0) is 14.7. The van der Waals surface area contributed by atoms with Crippen molar-refractivity contribution in [2.75, 3.05) is 12.4 Å². The quantitative estimate of drug-likeness (QED) is 0.887. The number of amides is 1. The standard InChI is InChI=1S/C13H14ClNO5/c1-19-9-3-2-7(14)6-8(9)15-12(16)10-4-5-11(20-10)13(17)18/h2-3,6,10-11H,4-5H2,1H3,(H,15,16)(H,17,18). The molecule has 1 heterocycles. The number of hydrogen-bond donors (Lipinski definition) is 2. The van der Waals surface area contributed by atoms with E-state index in [1.54, 1.807) is 18.2 Å². The molecule has 1 saturated heterocycles. The van der Waals surface area contributed by atoms with Gasteiger partial charge in [0.15, 0.2) is 6.10 Å². The normalized spacial score (nSPS) is 21.5. The molecule has 20 heavy (non-hydrogen) atoms. The third-order valence-corrected chi connectivity index (χ3v) is 3.24. The van der Waals surface area contributed by atoms with E-state index in [-0.39, 0.29) is 0 Å². The molecule has 2 atom stereocenters. The Kier molecular flexibility index (Phi) is 4.46. The number of carbonyl (C=O) groups is 2. The molecule has 0 radical (unpaired) electrons. The summed E-state index contributed by atoms with van der Waals surface area (Å²) in [5, 5.41) is 11.9. The van der Waals surface area contributed by atoms with Crippen LogP contribution in [0.25, 0.3) is 0 Å². The Bertz CT molecular complexity index is 533. The van der Waals surface area contributed by atoms with Crippen molar-refractivity contribution < 1.29 is 24.2 Å². The van der Waals surface area contributed by atoms with Gasteiger partial charge >= 0.3 is 5.97 Å². The van der Waals surface area contributed by atoms with Crippen LogP contribution in [0.5, 0.6) is 5.75 Å². The molecule has 0 bridgehead atoms. The minimum absolute atomic E-state index is 0.320. The lowest BCUT2D eigenvalue weighted by molar-refractivity contribution is -0.150. The first-order valence-corrected chi connectivity index (χ1v) is 6.41.